The molecule has 0 saturated carbocycles. The summed E-state index contributed by atoms with van der Waals surface area (Å²) < 4.78 is 24.2. The summed E-state index contributed by atoms with van der Waals surface area (Å²) in [6, 6.07) is 13.7. The maximum absolute atomic E-state index is 12.1. The number of nitrogens with two attached hydrogens (primary N) is 2. The molecule has 2 amide bonds. The lowest BCUT2D eigenvalue weighted by molar-refractivity contribution is -0.0471. The number of carbonyl (C=O) groups is 1. The molecule has 150 valence electrons. The molecule has 0 aliphatic heterocycles. The van der Waals surface area contributed by atoms with Gasteiger partial charge in [0.2, 0.25) is 10.0 Å². The van der Waals surface area contributed by atoms with E-state index in [1.54, 1.807) is 48.5 Å². The smallest absolute Gasteiger partial charge is 0.338 e. The van der Waals surface area contributed by atoms with E-state index in [1.165, 1.54) is 12.3 Å². The molecule has 10 heteroatoms. The molecule has 2 aromatic carbocycles. The fourth-order valence-electron chi connectivity index (χ4n) is 2.83. The van der Waals surface area contributed by atoms with E-state index in [1.807, 2.05) is 0 Å². The van der Waals surface area contributed by atoms with E-state index in [-0.39, 0.29) is 11.4 Å². The largest absolute Gasteiger partial charge is 0.350 e. The minimum Gasteiger partial charge on any atom is -0.350 e. The van der Waals surface area contributed by atoms with Crippen molar-refractivity contribution in [3.8, 4) is 22.4 Å². The predicted octanol–water partition coefficient (Wildman–Crippen LogP) is 2.99. The maximum Gasteiger partial charge on any atom is 0.338 e. The molecule has 5 N–H and O–H groups in total. The second-order valence-corrected chi connectivity index (χ2v) is 8.15. The van der Waals surface area contributed by atoms with Crippen molar-refractivity contribution in [2.45, 2.75) is 11.4 Å². The normalized spacial score (nSPS) is 11.3. The Hall–Kier alpha value is -2.98. The molecule has 3 rings (SSSR count). The van der Waals surface area contributed by atoms with Crippen LogP contribution in [0.3, 0.4) is 0 Å². The topological polar surface area (TPSA) is 140 Å². The fourth-order valence-corrected chi connectivity index (χ4v) is 3.70. The summed E-state index contributed by atoms with van der Waals surface area (Å²) >= 11 is 5.96. The molecule has 0 bridgehead atoms. The highest BCUT2D eigenvalue weighted by Crippen LogP contribution is 2.35. The summed E-state index contributed by atoms with van der Waals surface area (Å²) in [4.78, 5) is 15.5. The van der Waals surface area contributed by atoms with Crippen LogP contribution in [0.25, 0.3) is 22.4 Å². The highest BCUT2D eigenvalue weighted by molar-refractivity contribution is 7.89. The number of hydrogen-bond acceptors (Lipinski definition) is 5. The standard InChI is InChI=1S/C19H17ClN4O4S/c20-14-7-5-13(6-8-14)18-16(9-12(10-23-18)11-24(26)19(21)25)15-3-1-2-4-17(15)29(22,27)28/h1-10,26H,11H2,(H2,21,25)(H2,22,27,28). The molecule has 0 aliphatic carbocycles. The van der Waals surface area contributed by atoms with Gasteiger partial charge in [-0.15, -0.1) is 0 Å². The first kappa shape index (κ1) is 20.7. The third-order valence-electron chi connectivity index (χ3n) is 4.13. The Balaban J connectivity index is 2.24. The van der Waals surface area contributed by atoms with Crippen molar-refractivity contribution in [2.75, 3.05) is 0 Å². The number of hydroxylamine groups is 2. The monoisotopic (exact) mass is 432 g/mol. The molecule has 3 aromatic rings. The zero-order valence-corrected chi connectivity index (χ0v) is 16.6. The van der Waals surface area contributed by atoms with Crippen LogP contribution in [0.1, 0.15) is 5.56 Å². The zero-order valence-electron chi connectivity index (χ0n) is 15.0. The van der Waals surface area contributed by atoms with Gasteiger partial charge in [0.1, 0.15) is 0 Å². The van der Waals surface area contributed by atoms with Crippen LogP contribution in [-0.4, -0.2) is 29.7 Å². The summed E-state index contributed by atoms with van der Waals surface area (Å²) in [5, 5.41) is 15.9. The lowest BCUT2D eigenvalue weighted by atomic mass is 9.97. The number of primary sulfonamides is 1. The number of sulfonamides is 1. The molecular formula is C19H17ClN4O4S. The predicted molar refractivity (Wildman–Crippen MR) is 108 cm³/mol. The molecule has 8 nitrogen and oxygen atoms in total. The van der Waals surface area contributed by atoms with Crippen molar-refractivity contribution in [2.24, 2.45) is 10.9 Å². The molecule has 0 saturated heterocycles. The second kappa shape index (κ2) is 8.18. The fraction of sp³-hybridized carbons (Fsp3) is 0.0526. The van der Waals surface area contributed by atoms with Gasteiger partial charge in [0.15, 0.2) is 0 Å². The summed E-state index contributed by atoms with van der Waals surface area (Å²) in [5.41, 5.74) is 7.44. The molecule has 0 aliphatic rings. The van der Waals surface area contributed by atoms with Crippen LogP contribution in [-0.2, 0) is 16.6 Å². The summed E-state index contributed by atoms with van der Waals surface area (Å²) in [6.45, 7) is -0.228. The molecule has 0 atom stereocenters. The number of nitrogens with zero attached hydrogens (tertiary/aromatic N) is 2. The van der Waals surface area contributed by atoms with Crippen LogP contribution in [0.2, 0.25) is 5.02 Å². The van der Waals surface area contributed by atoms with Gasteiger partial charge < -0.3 is 5.73 Å². The second-order valence-electron chi connectivity index (χ2n) is 6.18. The SMILES string of the molecule is NC(=O)N(O)Cc1cnc(-c2ccc(Cl)cc2)c(-c2ccccc2S(N)(=O)=O)c1. The Kier molecular flexibility index (Phi) is 5.85. The summed E-state index contributed by atoms with van der Waals surface area (Å²) in [5.74, 6) is 0. The van der Waals surface area contributed by atoms with Crippen LogP contribution in [0.5, 0.6) is 0 Å². The minimum atomic E-state index is -4.02. The highest BCUT2D eigenvalue weighted by atomic mass is 35.5. The first-order chi connectivity index (χ1) is 13.7. The van der Waals surface area contributed by atoms with Gasteiger partial charge in [-0.3, -0.25) is 10.2 Å². The Morgan fingerprint density at radius 2 is 1.76 bits per heavy atom. The van der Waals surface area contributed by atoms with Crippen molar-refractivity contribution in [1.29, 1.82) is 0 Å². The summed E-state index contributed by atoms with van der Waals surface area (Å²) in [6.07, 6.45) is 1.46. The molecule has 1 aromatic heterocycles. The Bertz CT molecular complexity index is 1170. The van der Waals surface area contributed by atoms with Gasteiger partial charge in [-0.1, -0.05) is 41.9 Å². The summed E-state index contributed by atoms with van der Waals surface area (Å²) in [7, 11) is -4.02. The minimum absolute atomic E-state index is 0.0788. The van der Waals surface area contributed by atoms with Crippen molar-refractivity contribution in [3.05, 3.63) is 71.4 Å². The number of urea groups is 1. The number of carbonyl (C=O) groups excluding carboxylic acids is 1. The zero-order chi connectivity index (χ0) is 21.2. The first-order valence-corrected chi connectivity index (χ1v) is 10.2. The maximum atomic E-state index is 12.1. The van der Waals surface area contributed by atoms with E-state index >= 15 is 0 Å². The van der Waals surface area contributed by atoms with Gasteiger partial charge in [-0.2, -0.15) is 0 Å². The number of amides is 2. The van der Waals surface area contributed by atoms with Crippen molar-refractivity contribution >= 4 is 27.7 Å². The average Bonchev–Trinajstić information content (AvgIpc) is 2.68. The van der Waals surface area contributed by atoms with Crippen molar-refractivity contribution in [1.82, 2.24) is 10.0 Å². The van der Waals surface area contributed by atoms with Gasteiger partial charge in [-0.05, 0) is 29.8 Å². The first-order valence-electron chi connectivity index (χ1n) is 8.29. The van der Waals surface area contributed by atoms with E-state index in [2.05, 4.69) is 4.98 Å². The molecule has 1 heterocycles. The number of pyridine rings is 1. The number of halogens is 1. The quantitative estimate of drug-likeness (QED) is 0.420. The van der Waals surface area contributed by atoms with E-state index in [0.29, 0.717) is 38.0 Å². The van der Waals surface area contributed by atoms with Crippen LogP contribution in [0.4, 0.5) is 4.79 Å². The Labute approximate surface area is 172 Å². The average molecular weight is 433 g/mol. The molecule has 29 heavy (non-hydrogen) atoms. The Morgan fingerprint density at radius 3 is 2.38 bits per heavy atom. The van der Waals surface area contributed by atoms with Gasteiger partial charge in [0, 0.05) is 27.9 Å². The molecule has 0 spiro atoms. The third kappa shape index (κ3) is 4.72. The number of benzene rings is 2. The molecule has 0 fully saturated rings. The lowest BCUT2D eigenvalue weighted by Gasteiger charge is -2.16. The highest BCUT2D eigenvalue weighted by Gasteiger charge is 2.19. The van der Waals surface area contributed by atoms with Crippen molar-refractivity contribution < 1.29 is 18.4 Å². The van der Waals surface area contributed by atoms with E-state index in [9.17, 15) is 18.4 Å². The van der Waals surface area contributed by atoms with Crippen LogP contribution in [0, 0.1) is 0 Å². The third-order valence-corrected chi connectivity index (χ3v) is 5.35. The molecule has 0 radical (unpaired) electrons. The van der Waals surface area contributed by atoms with E-state index in [0.717, 1.165) is 0 Å². The number of primary amides is 1. The Morgan fingerprint density at radius 1 is 1.10 bits per heavy atom. The van der Waals surface area contributed by atoms with Crippen LogP contribution in [0.15, 0.2) is 65.7 Å². The molecule has 0 unspecified atom stereocenters. The number of aromatic nitrogens is 1. The van der Waals surface area contributed by atoms with E-state index in [4.69, 9.17) is 22.5 Å². The lowest BCUT2D eigenvalue weighted by Crippen LogP contribution is -2.32. The molecular weight excluding hydrogens is 416 g/mol. The number of rotatable bonds is 5. The van der Waals surface area contributed by atoms with Crippen LogP contribution >= 0.6 is 11.6 Å². The van der Waals surface area contributed by atoms with Gasteiger partial charge in [0.25, 0.3) is 0 Å². The number of hydrogen-bond donors (Lipinski definition) is 3. The van der Waals surface area contributed by atoms with Crippen LogP contribution < -0.4 is 10.9 Å². The van der Waals surface area contributed by atoms with Crippen molar-refractivity contribution in [3.63, 3.8) is 0 Å². The van der Waals surface area contributed by atoms with E-state index < -0.39 is 16.1 Å². The van der Waals surface area contributed by atoms with Gasteiger partial charge in [-0.25, -0.2) is 23.4 Å². The van der Waals surface area contributed by atoms with Gasteiger partial charge >= 0.3 is 6.03 Å². The van der Waals surface area contributed by atoms with Gasteiger partial charge in [0.05, 0.1) is 17.1 Å².